The van der Waals surface area contributed by atoms with Crippen LogP contribution in [-0.2, 0) is 9.59 Å². The number of hydrogen-bond acceptors (Lipinski definition) is 3. The molecule has 0 aliphatic carbocycles. The summed E-state index contributed by atoms with van der Waals surface area (Å²) in [6.45, 7) is 9.25. The zero-order valence-electron chi connectivity index (χ0n) is 15.9. The molecule has 1 atom stereocenters. The highest BCUT2D eigenvalue weighted by Gasteiger charge is 2.33. The van der Waals surface area contributed by atoms with Crippen LogP contribution in [0.25, 0.3) is 0 Å². The number of hydrogen-bond donors (Lipinski definition) is 3. The Kier molecular flexibility index (Phi) is 7.63. The Balaban J connectivity index is 3.02. The van der Waals surface area contributed by atoms with Gasteiger partial charge in [0.05, 0.1) is 22.5 Å². The number of carboxylic acid groups (broad SMARTS) is 1. The number of anilines is 1. The molecular weight excluding hydrogens is 356 g/mol. The van der Waals surface area contributed by atoms with Crippen LogP contribution in [0.15, 0.2) is 18.2 Å². The molecule has 7 heteroatoms. The molecule has 0 aliphatic rings. The van der Waals surface area contributed by atoms with Gasteiger partial charge in [-0.3, -0.25) is 14.4 Å². The first-order valence-corrected chi connectivity index (χ1v) is 8.96. The summed E-state index contributed by atoms with van der Waals surface area (Å²) in [6, 6.07) is 4.65. The van der Waals surface area contributed by atoms with Crippen LogP contribution in [0.1, 0.15) is 57.8 Å². The van der Waals surface area contributed by atoms with Gasteiger partial charge in [0, 0.05) is 12.1 Å². The lowest BCUT2D eigenvalue weighted by molar-refractivity contribution is -0.139. The van der Waals surface area contributed by atoms with Gasteiger partial charge in [0.15, 0.2) is 0 Å². The minimum absolute atomic E-state index is 0.102. The molecule has 0 aliphatic heterocycles. The van der Waals surface area contributed by atoms with Gasteiger partial charge < -0.3 is 15.7 Å². The molecule has 0 fully saturated rings. The van der Waals surface area contributed by atoms with Gasteiger partial charge in [0.25, 0.3) is 5.91 Å². The number of carbonyl (C=O) groups is 3. The van der Waals surface area contributed by atoms with Gasteiger partial charge in [-0.15, -0.1) is 0 Å². The second-order valence-electron chi connectivity index (χ2n) is 7.44. The predicted molar refractivity (Wildman–Crippen MR) is 102 cm³/mol. The minimum Gasteiger partial charge on any atom is -0.481 e. The van der Waals surface area contributed by atoms with E-state index in [0.717, 1.165) is 0 Å². The number of benzene rings is 1. The first-order valence-electron chi connectivity index (χ1n) is 8.58. The van der Waals surface area contributed by atoms with Crippen molar-refractivity contribution < 1.29 is 19.5 Å². The van der Waals surface area contributed by atoms with Crippen molar-refractivity contribution >= 4 is 35.1 Å². The van der Waals surface area contributed by atoms with Crippen LogP contribution in [0, 0.1) is 11.8 Å². The highest BCUT2D eigenvalue weighted by molar-refractivity contribution is 6.34. The number of amides is 2. The Morgan fingerprint density at radius 3 is 2.31 bits per heavy atom. The fraction of sp³-hybridized carbons (Fsp3) is 0.526. The Bertz CT molecular complexity index is 688. The molecule has 1 aromatic carbocycles. The minimum atomic E-state index is -0.998. The van der Waals surface area contributed by atoms with Crippen LogP contribution >= 0.6 is 11.6 Å². The van der Waals surface area contributed by atoms with Crippen molar-refractivity contribution in [3.05, 3.63) is 28.8 Å². The van der Waals surface area contributed by atoms with E-state index in [1.807, 2.05) is 27.7 Å². The summed E-state index contributed by atoms with van der Waals surface area (Å²) in [6.07, 6.45) is 0.160. The van der Waals surface area contributed by atoms with E-state index in [-0.39, 0.29) is 34.7 Å². The molecule has 3 N–H and O–H groups in total. The normalized spacial score (nSPS) is 13.4. The molecule has 2 amide bonds. The van der Waals surface area contributed by atoms with Crippen molar-refractivity contribution in [2.24, 2.45) is 11.8 Å². The predicted octanol–water partition coefficient (Wildman–Crippen LogP) is 3.94. The van der Waals surface area contributed by atoms with E-state index < -0.39 is 17.4 Å². The van der Waals surface area contributed by atoms with Crippen molar-refractivity contribution in [1.82, 2.24) is 5.32 Å². The zero-order valence-corrected chi connectivity index (χ0v) is 16.6. The maximum absolute atomic E-state index is 12.7. The molecule has 1 rings (SSSR count). The first-order chi connectivity index (χ1) is 11.9. The summed E-state index contributed by atoms with van der Waals surface area (Å²) >= 11 is 6.14. The van der Waals surface area contributed by atoms with Crippen molar-refractivity contribution in [1.29, 1.82) is 0 Å². The molecular formula is C19H27ClN2O4. The Hall–Kier alpha value is -2.08. The lowest BCUT2D eigenvalue weighted by atomic mass is 9.85. The van der Waals surface area contributed by atoms with Gasteiger partial charge in [0.1, 0.15) is 0 Å². The van der Waals surface area contributed by atoms with Crippen molar-refractivity contribution in [3.8, 4) is 0 Å². The van der Waals surface area contributed by atoms with Crippen LogP contribution in [-0.4, -0.2) is 28.4 Å². The van der Waals surface area contributed by atoms with E-state index in [9.17, 15) is 14.4 Å². The summed E-state index contributed by atoms with van der Waals surface area (Å²) < 4.78 is 0. The zero-order chi connectivity index (χ0) is 20.1. The summed E-state index contributed by atoms with van der Waals surface area (Å²) in [4.78, 5) is 35.7. The van der Waals surface area contributed by atoms with Gasteiger partial charge >= 0.3 is 5.97 Å². The number of rotatable bonds is 8. The summed E-state index contributed by atoms with van der Waals surface area (Å²) in [7, 11) is 0. The van der Waals surface area contributed by atoms with E-state index >= 15 is 0 Å². The van der Waals surface area contributed by atoms with Crippen molar-refractivity contribution in [2.45, 2.75) is 53.0 Å². The molecule has 0 saturated carbocycles. The lowest BCUT2D eigenvalue weighted by Crippen LogP contribution is -2.51. The molecule has 144 valence electrons. The number of aliphatic carboxylic acids is 1. The Labute approximate surface area is 159 Å². The van der Waals surface area contributed by atoms with Crippen molar-refractivity contribution in [3.63, 3.8) is 0 Å². The van der Waals surface area contributed by atoms with E-state index in [2.05, 4.69) is 10.6 Å². The summed E-state index contributed by atoms with van der Waals surface area (Å²) in [5.74, 6) is -1.51. The van der Waals surface area contributed by atoms with Gasteiger partial charge in [0.2, 0.25) is 5.91 Å². The Morgan fingerprint density at radius 2 is 1.81 bits per heavy atom. The molecule has 0 heterocycles. The third kappa shape index (κ3) is 6.33. The average molecular weight is 383 g/mol. The third-order valence-corrected chi connectivity index (χ3v) is 4.61. The second-order valence-corrected chi connectivity index (χ2v) is 7.84. The SMILES string of the molecule is CC(C)CC(=O)Nc1ccc(Cl)c(C(=O)NC(C)(CC(=O)O)C(C)C)c1. The largest absolute Gasteiger partial charge is 0.481 e. The van der Waals surface area contributed by atoms with Gasteiger partial charge in [-0.1, -0.05) is 39.3 Å². The summed E-state index contributed by atoms with van der Waals surface area (Å²) in [5.41, 5.74) is -0.274. The van der Waals surface area contributed by atoms with E-state index in [4.69, 9.17) is 16.7 Å². The van der Waals surface area contributed by atoms with Crippen LogP contribution in [0.4, 0.5) is 5.69 Å². The topological polar surface area (TPSA) is 95.5 Å². The van der Waals surface area contributed by atoms with Crippen LogP contribution in [0.2, 0.25) is 5.02 Å². The molecule has 0 radical (unpaired) electrons. The van der Waals surface area contributed by atoms with E-state index in [1.54, 1.807) is 13.0 Å². The van der Waals surface area contributed by atoms with E-state index in [0.29, 0.717) is 12.1 Å². The van der Waals surface area contributed by atoms with Crippen molar-refractivity contribution in [2.75, 3.05) is 5.32 Å². The fourth-order valence-electron chi connectivity index (χ4n) is 2.39. The lowest BCUT2D eigenvalue weighted by Gasteiger charge is -2.33. The number of halogens is 1. The van der Waals surface area contributed by atoms with Gasteiger partial charge in [-0.2, -0.15) is 0 Å². The molecule has 1 aromatic rings. The summed E-state index contributed by atoms with van der Waals surface area (Å²) in [5, 5.41) is 14.9. The molecule has 26 heavy (non-hydrogen) atoms. The molecule has 0 spiro atoms. The second kappa shape index (κ2) is 9.03. The van der Waals surface area contributed by atoms with Gasteiger partial charge in [-0.05, 0) is 37.0 Å². The smallest absolute Gasteiger partial charge is 0.305 e. The number of nitrogens with one attached hydrogen (secondary N) is 2. The van der Waals surface area contributed by atoms with Crippen LogP contribution < -0.4 is 10.6 Å². The average Bonchev–Trinajstić information content (AvgIpc) is 2.47. The van der Waals surface area contributed by atoms with Crippen LogP contribution in [0.3, 0.4) is 0 Å². The molecule has 1 unspecified atom stereocenters. The molecule has 0 aromatic heterocycles. The fourth-order valence-corrected chi connectivity index (χ4v) is 2.60. The van der Waals surface area contributed by atoms with Gasteiger partial charge in [-0.25, -0.2) is 0 Å². The molecule has 6 nitrogen and oxygen atoms in total. The van der Waals surface area contributed by atoms with E-state index in [1.165, 1.54) is 12.1 Å². The maximum Gasteiger partial charge on any atom is 0.305 e. The first kappa shape index (κ1) is 22.0. The quantitative estimate of drug-likeness (QED) is 0.634. The highest BCUT2D eigenvalue weighted by Crippen LogP contribution is 2.25. The Morgan fingerprint density at radius 1 is 1.19 bits per heavy atom. The third-order valence-electron chi connectivity index (χ3n) is 4.28. The molecule has 0 bridgehead atoms. The van der Waals surface area contributed by atoms with Crippen LogP contribution in [0.5, 0.6) is 0 Å². The highest BCUT2D eigenvalue weighted by atomic mass is 35.5. The molecule has 0 saturated heterocycles. The standard InChI is InChI=1S/C19H27ClN2O4/c1-11(2)8-16(23)21-13-6-7-15(20)14(9-13)18(26)22-19(5,12(3)4)10-17(24)25/h6-7,9,11-12H,8,10H2,1-5H3,(H,21,23)(H,22,26)(H,24,25). The number of carboxylic acids is 1. The number of carbonyl (C=O) groups excluding carboxylic acids is 2. The maximum atomic E-state index is 12.7. The monoisotopic (exact) mass is 382 g/mol.